The highest BCUT2D eigenvalue weighted by atomic mass is 79.9. The molecule has 1 aliphatic carbocycles. The lowest BCUT2D eigenvalue weighted by atomic mass is 10.1. The van der Waals surface area contributed by atoms with Gasteiger partial charge in [0.05, 0.1) is 0 Å². The van der Waals surface area contributed by atoms with Crippen molar-refractivity contribution in [1.29, 1.82) is 0 Å². The Morgan fingerprint density at radius 2 is 2.13 bits per heavy atom. The van der Waals surface area contributed by atoms with Crippen LogP contribution >= 0.6 is 15.9 Å². The van der Waals surface area contributed by atoms with Crippen LogP contribution in [0.25, 0.3) is 0 Å². The molecule has 0 aliphatic heterocycles. The molecule has 0 spiro atoms. The van der Waals surface area contributed by atoms with E-state index < -0.39 is 0 Å². The molecular formula is C13H16BrN. The van der Waals surface area contributed by atoms with Crippen LogP contribution in [0.3, 0.4) is 0 Å². The lowest BCUT2D eigenvalue weighted by Gasteiger charge is -2.06. The minimum absolute atomic E-state index is 0.830. The van der Waals surface area contributed by atoms with Crippen LogP contribution in [0.2, 0.25) is 0 Å². The Kier molecular flexibility index (Phi) is 3.60. The molecule has 0 fully saturated rings. The van der Waals surface area contributed by atoms with Gasteiger partial charge >= 0.3 is 0 Å². The Labute approximate surface area is 99.7 Å². The first-order valence-corrected chi connectivity index (χ1v) is 6.19. The molecule has 2 heteroatoms. The van der Waals surface area contributed by atoms with Gasteiger partial charge in [0.1, 0.15) is 0 Å². The molecule has 0 aromatic heterocycles. The molecule has 0 saturated carbocycles. The fraction of sp³-hybridized carbons (Fsp3) is 0.385. The molecule has 2 rings (SSSR count). The van der Waals surface area contributed by atoms with E-state index in [-0.39, 0.29) is 0 Å². The smallest absolute Gasteiger partial charge is 0.0268 e. The largest absolute Gasteiger partial charge is 0.308 e. The SMILES string of the molecule is C=C(Br)CNCc1ccc2c(c1)CCC2. The number of hydrogen-bond donors (Lipinski definition) is 1. The van der Waals surface area contributed by atoms with Gasteiger partial charge in [0.25, 0.3) is 0 Å². The number of hydrogen-bond acceptors (Lipinski definition) is 1. The number of halogens is 1. The molecule has 0 heterocycles. The number of fused-ring (bicyclic) bond motifs is 1. The van der Waals surface area contributed by atoms with Crippen molar-refractivity contribution < 1.29 is 0 Å². The van der Waals surface area contributed by atoms with Gasteiger partial charge in [-0.1, -0.05) is 40.7 Å². The summed E-state index contributed by atoms with van der Waals surface area (Å²) >= 11 is 3.34. The standard InChI is InChI=1S/C13H16BrN/c1-10(14)8-15-9-11-5-6-12-3-2-4-13(12)7-11/h5-7,15H,1-4,8-9H2. The Morgan fingerprint density at radius 1 is 1.33 bits per heavy atom. The zero-order valence-electron chi connectivity index (χ0n) is 8.85. The lowest BCUT2D eigenvalue weighted by Crippen LogP contribution is -2.14. The van der Waals surface area contributed by atoms with Gasteiger partial charge in [0.2, 0.25) is 0 Å². The van der Waals surface area contributed by atoms with Crippen LogP contribution < -0.4 is 5.32 Å². The quantitative estimate of drug-likeness (QED) is 0.882. The third-order valence-corrected chi connectivity index (χ3v) is 3.09. The molecule has 0 saturated heterocycles. The van der Waals surface area contributed by atoms with E-state index in [9.17, 15) is 0 Å². The van der Waals surface area contributed by atoms with Gasteiger partial charge < -0.3 is 5.32 Å². The van der Waals surface area contributed by atoms with Crippen molar-refractivity contribution >= 4 is 15.9 Å². The molecule has 0 bridgehead atoms. The molecule has 1 aliphatic rings. The first-order chi connectivity index (χ1) is 7.25. The summed E-state index contributed by atoms with van der Waals surface area (Å²) in [4.78, 5) is 0. The summed E-state index contributed by atoms with van der Waals surface area (Å²) in [6.45, 7) is 5.56. The maximum absolute atomic E-state index is 3.80. The molecule has 0 atom stereocenters. The molecule has 1 aromatic rings. The fourth-order valence-electron chi connectivity index (χ4n) is 2.08. The van der Waals surface area contributed by atoms with Crippen LogP contribution in [-0.2, 0) is 19.4 Å². The van der Waals surface area contributed by atoms with Crippen molar-refractivity contribution in [3.05, 3.63) is 46.0 Å². The zero-order valence-corrected chi connectivity index (χ0v) is 10.4. The van der Waals surface area contributed by atoms with Gasteiger partial charge in [-0.3, -0.25) is 0 Å². The van der Waals surface area contributed by atoms with Gasteiger partial charge in [-0.05, 0) is 36.0 Å². The number of aryl methyl sites for hydroxylation is 2. The average Bonchev–Trinajstić information content (AvgIpc) is 2.64. The Bertz CT molecular complexity index is 371. The zero-order chi connectivity index (χ0) is 10.7. The van der Waals surface area contributed by atoms with Crippen LogP contribution in [0.5, 0.6) is 0 Å². The fourth-order valence-corrected chi connectivity index (χ4v) is 2.28. The van der Waals surface area contributed by atoms with Crippen molar-refractivity contribution in [1.82, 2.24) is 5.32 Å². The van der Waals surface area contributed by atoms with Gasteiger partial charge in [0, 0.05) is 17.6 Å². The van der Waals surface area contributed by atoms with Crippen LogP contribution in [0.15, 0.2) is 29.3 Å². The highest BCUT2D eigenvalue weighted by molar-refractivity contribution is 9.11. The summed E-state index contributed by atoms with van der Waals surface area (Å²) in [5, 5.41) is 3.35. The normalized spacial score (nSPS) is 13.9. The minimum Gasteiger partial charge on any atom is -0.308 e. The lowest BCUT2D eigenvalue weighted by molar-refractivity contribution is 0.756. The number of nitrogens with one attached hydrogen (secondary N) is 1. The monoisotopic (exact) mass is 265 g/mol. The second-order valence-electron chi connectivity index (χ2n) is 4.08. The van der Waals surface area contributed by atoms with Gasteiger partial charge in [-0.2, -0.15) is 0 Å². The van der Waals surface area contributed by atoms with E-state index in [1.807, 2.05) is 0 Å². The predicted octanol–water partition coefficient (Wildman–Crippen LogP) is 3.17. The Morgan fingerprint density at radius 3 is 2.93 bits per heavy atom. The molecule has 1 aromatic carbocycles. The minimum atomic E-state index is 0.830. The third-order valence-electron chi connectivity index (χ3n) is 2.81. The Balaban J connectivity index is 1.95. The second-order valence-corrected chi connectivity index (χ2v) is 5.20. The van der Waals surface area contributed by atoms with Crippen molar-refractivity contribution in [2.24, 2.45) is 0 Å². The highest BCUT2D eigenvalue weighted by Crippen LogP contribution is 2.22. The van der Waals surface area contributed by atoms with Crippen LogP contribution in [0.4, 0.5) is 0 Å². The van der Waals surface area contributed by atoms with Gasteiger partial charge in [0.15, 0.2) is 0 Å². The summed E-state index contributed by atoms with van der Waals surface area (Å²) < 4.78 is 1.00. The van der Waals surface area contributed by atoms with Gasteiger partial charge in [-0.15, -0.1) is 0 Å². The summed E-state index contributed by atoms with van der Waals surface area (Å²) in [6.07, 6.45) is 3.85. The first kappa shape index (κ1) is 10.9. The van der Waals surface area contributed by atoms with Crippen LogP contribution in [-0.4, -0.2) is 6.54 Å². The second kappa shape index (κ2) is 4.95. The van der Waals surface area contributed by atoms with E-state index >= 15 is 0 Å². The summed E-state index contributed by atoms with van der Waals surface area (Å²) in [7, 11) is 0. The van der Waals surface area contributed by atoms with Crippen LogP contribution in [0.1, 0.15) is 23.1 Å². The number of rotatable bonds is 4. The van der Waals surface area contributed by atoms with Gasteiger partial charge in [-0.25, -0.2) is 0 Å². The van der Waals surface area contributed by atoms with E-state index in [0.29, 0.717) is 0 Å². The maximum atomic E-state index is 3.80. The average molecular weight is 266 g/mol. The molecule has 0 unspecified atom stereocenters. The summed E-state index contributed by atoms with van der Waals surface area (Å²) in [6, 6.07) is 6.85. The van der Waals surface area contributed by atoms with Crippen molar-refractivity contribution in [3.63, 3.8) is 0 Å². The summed E-state index contributed by atoms with van der Waals surface area (Å²) in [5.41, 5.74) is 4.47. The van der Waals surface area contributed by atoms with Crippen molar-refractivity contribution in [2.75, 3.05) is 6.54 Å². The van der Waals surface area contributed by atoms with Crippen LogP contribution in [0, 0.1) is 0 Å². The molecule has 0 radical (unpaired) electrons. The van der Waals surface area contributed by atoms with E-state index in [1.165, 1.54) is 24.8 Å². The third kappa shape index (κ3) is 2.93. The highest BCUT2D eigenvalue weighted by Gasteiger charge is 2.10. The molecule has 0 amide bonds. The molecular weight excluding hydrogens is 250 g/mol. The first-order valence-electron chi connectivity index (χ1n) is 5.40. The van der Waals surface area contributed by atoms with E-state index in [0.717, 1.165) is 17.6 Å². The summed E-state index contributed by atoms with van der Waals surface area (Å²) in [5.74, 6) is 0. The Hall–Kier alpha value is -0.600. The van der Waals surface area contributed by atoms with Crippen molar-refractivity contribution in [2.45, 2.75) is 25.8 Å². The number of benzene rings is 1. The van der Waals surface area contributed by atoms with Crippen molar-refractivity contribution in [3.8, 4) is 0 Å². The molecule has 80 valence electrons. The topological polar surface area (TPSA) is 12.0 Å². The molecule has 1 nitrogen and oxygen atoms in total. The van der Waals surface area contributed by atoms with E-state index in [2.05, 4.69) is 46.0 Å². The molecule has 1 N–H and O–H groups in total. The van der Waals surface area contributed by atoms with E-state index in [1.54, 1.807) is 11.1 Å². The maximum Gasteiger partial charge on any atom is 0.0268 e. The van der Waals surface area contributed by atoms with E-state index in [4.69, 9.17) is 0 Å². The molecule has 15 heavy (non-hydrogen) atoms. The predicted molar refractivity (Wildman–Crippen MR) is 68.2 cm³/mol.